The molecule has 110 valence electrons. The lowest BCUT2D eigenvalue weighted by molar-refractivity contribution is -0.117. The molecule has 0 unspecified atom stereocenters. The summed E-state index contributed by atoms with van der Waals surface area (Å²) in [6.07, 6.45) is -0.145. The molecule has 2 saturated heterocycles. The fourth-order valence-electron chi connectivity index (χ4n) is 4.18. The first kappa shape index (κ1) is 13.1. The molecule has 0 bridgehead atoms. The van der Waals surface area contributed by atoms with Crippen LogP contribution in [0.4, 0.5) is 0 Å². The van der Waals surface area contributed by atoms with Crippen molar-refractivity contribution < 1.29 is 9.47 Å². The van der Waals surface area contributed by atoms with Gasteiger partial charge in [-0.25, -0.2) is 0 Å². The summed E-state index contributed by atoms with van der Waals surface area (Å²) in [7, 11) is 4.07. The predicted molar refractivity (Wildman–Crippen MR) is 76.7 cm³/mol. The molecule has 0 aromatic heterocycles. The van der Waals surface area contributed by atoms with Gasteiger partial charge in [0.1, 0.15) is 29.6 Å². The molecule has 4 rings (SSSR count). The molecule has 1 aromatic carbocycles. The van der Waals surface area contributed by atoms with Crippen molar-refractivity contribution in [1.29, 1.82) is 5.26 Å². The average Bonchev–Trinajstić information content (AvgIpc) is 3.02. The number of para-hydroxylation sites is 1. The van der Waals surface area contributed by atoms with Crippen LogP contribution in [0, 0.1) is 16.7 Å². The molecule has 5 heteroatoms. The summed E-state index contributed by atoms with van der Waals surface area (Å²) in [5.74, 6) is 0.860. The van der Waals surface area contributed by atoms with Gasteiger partial charge in [-0.05, 0) is 20.2 Å². The topological polar surface area (TPSA) is 48.7 Å². The van der Waals surface area contributed by atoms with E-state index in [1.807, 2.05) is 38.4 Å². The first-order valence-electron chi connectivity index (χ1n) is 7.30. The van der Waals surface area contributed by atoms with Crippen molar-refractivity contribution in [2.75, 3.05) is 40.5 Å². The smallest absolute Gasteiger partial charge is 0.142 e. The van der Waals surface area contributed by atoms with Crippen LogP contribution in [-0.4, -0.2) is 56.4 Å². The molecule has 0 saturated carbocycles. The summed E-state index contributed by atoms with van der Waals surface area (Å²) < 4.78 is 12.5. The Morgan fingerprint density at radius 2 is 2.05 bits per heavy atom. The number of nitriles is 1. The van der Waals surface area contributed by atoms with E-state index in [1.165, 1.54) is 0 Å². The number of likely N-dealkylation sites (N-methyl/N-ethyl adjacent to an activating group) is 2. The highest BCUT2D eigenvalue weighted by molar-refractivity contribution is 5.47. The van der Waals surface area contributed by atoms with Gasteiger partial charge < -0.3 is 14.4 Å². The molecule has 0 aliphatic carbocycles. The van der Waals surface area contributed by atoms with Crippen LogP contribution in [0.3, 0.4) is 0 Å². The van der Waals surface area contributed by atoms with Gasteiger partial charge in [0.25, 0.3) is 0 Å². The zero-order chi connectivity index (χ0) is 14.7. The zero-order valence-corrected chi connectivity index (χ0v) is 12.4. The van der Waals surface area contributed by atoms with Crippen molar-refractivity contribution in [1.82, 2.24) is 9.80 Å². The second-order valence-electron chi connectivity index (χ2n) is 6.50. The van der Waals surface area contributed by atoms with E-state index in [0.717, 1.165) is 24.4 Å². The SMILES string of the molecule is CN1CO[C@@]2(C1)c1ccccc1O[C@H]1CN(C)C[C@]12C#N. The number of rotatable bonds is 0. The zero-order valence-electron chi connectivity index (χ0n) is 12.4. The van der Waals surface area contributed by atoms with Crippen LogP contribution in [0.15, 0.2) is 24.3 Å². The minimum absolute atomic E-state index is 0.145. The van der Waals surface area contributed by atoms with E-state index in [9.17, 15) is 5.26 Å². The standard InChI is InChI=1S/C16H19N3O2/c1-18-7-14-15(8-17,9-18)16(10-19(2)11-20-16)12-5-3-4-6-13(12)21-14/h3-6,14H,7,9-11H2,1-2H3/t14-,15+,16-/m0/s1. The maximum atomic E-state index is 10.1. The number of ether oxygens (including phenoxy) is 2. The van der Waals surface area contributed by atoms with E-state index in [-0.39, 0.29) is 6.10 Å². The minimum Gasteiger partial charge on any atom is -0.487 e. The third-order valence-corrected chi connectivity index (χ3v) is 5.08. The summed E-state index contributed by atoms with van der Waals surface area (Å²) in [4.78, 5) is 4.31. The van der Waals surface area contributed by atoms with Crippen LogP contribution in [-0.2, 0) is 10.3 Å². The first-order valence-corrected chi connectivity index (χ1v) is 7.30. The quantitative estimate of drug-likeness (QED) is 0.712. The Morgan fingerprint density at radius 3 is 2.76 bits per heavy atom. The first-order chi connectivity index (χ1) is 10.1. The van der Waals surface area contributed by atoms with E-state index < -0.39 is 11.0 Å². The summed E-state index contributed by atoms with van der Waals surface area (Å²) in [6, 6.07) is 10.6. The van der Waals surface area contributed by atoms with Crippen molar-refractivity contribution in [3.8, 4) is 11.8 Å². The van der Waals surface area contributed by atoms with Crippen molar-refractivity contribution >= 4 is 0 Å². The van der Waals surface area contributed by atoms with Gasteiger partial charge in [-0.15, -0.1) is 0 Å². The van der Waals surface area contributed by atoms with E-state index in [4.69, 9.17) is 9.47 Å². The Labute approximate surface area is 124 Å². The van der Waals surface area contributed by atoms with Crippen molar-refractivity contribution in [2.45, 2.75) is 11.7 Å². The molecule has 1 spiro atoms. The summed E-state index contributed by atoms with van der Waals surface area (Å²) in [5, 5.41) is 10.1. The van der Waals surface area contributed by atoms with Crippen molar-refractivity contribution in [3.63, 3.8) is 0 Å². The second kappa shape index (κ2) is 4.20. The molecule has 3 atom stereocenters. The van der Waals surface area contributed by atoms with Gasteiger partial charge in [0, 0.05) is 25.2 Å². The third kappa shape index (κ3) is 1.50. The molecular formula is C16H19N3O2. The molecule has 0 amide bonds. The van der Waals surface area contributed by atoms with E-state index >= 15 is 0 Å². The maximum Gasteiger partial charge on any atom is 0.142 e. The second-order valence-corrected chi connectivity index (χ2v) is 6.50. The number of likely N-dealkylation sites (tertiary alicyclic amines) is 1. The van der Waals surface area contributed by atoms with Gasteiger partial charge in [-0.2, -0.15) is 5.26 Å². The Hall–Kier alpha value is -1.61. The molecule has 0 radical (unpaired) electrons. The highest BCUT2D eigenvalue weighted by Gasteiger charge is 2.68. The Bertz CT molecular complexity index is 628. The number of benzene rings is 1. The van der Waals surface area contributed by atoms with Crippen LogP contribution < -0.4 is 4.74 Å². The Kier molecular flexibility index (Phi) is 2.62. The highest BCUT2D eigenvalue weighted by Crippen LogP contribution is 2.57. The number of hydrogen-bond donors (Lipinski definition) is 0. The molecule has 0 N–H and O–H groups in total. The van der Waals surface area contributed by atoms with Crippen LogP contribution in [0.5, 0.6) is 5.75 Å². The highest BCUT2D eigenvalue weighted by atomic mass is 16.5. The Morgan fingerprint density at radius 1 is 1.24 bits per heavy atom. The summed E-state index contributed by atoms with van der Waals surface area (Å²) >= 11 is 0. The Balaban J connectivity index is 1.96. The summed E-state index contributed by atoms with van der Waals surface area (Å²) in [5.41, 5.74) is -0.232. The molecule has 3 aliphatic heterocycles. The van der Waals surface area contributed by atoms with Crippen LogP contribution in [0.2, 0.25) is 0 Å². The summed E-state index contributed by atoms with van der Waals surface area (Å²) in [6.45, 7) is 2.71. The molecule has 21 heavy (non-hydrogen) atoms. The number of fused-ring (bicyclic) bond motifs is 4. The molecule has 3 aliphatic rings. The van der Waals surface area contributed by atoms with Crippen molar-refractivity contribution in [2.24, 2.45) is 5.41 Å². The lowest BCUT2D eigenvalue weighted by Crippen LogP contribution is -2.58. The van der Waals surface area contributed by atoms with Gasteiger partial charge >= 0.3 is 0 Å². The van der Waals surface area contributed by atoms with Crippen molar-refractivity contribution in [3.05, 3.63) is 29.8 Å². The largest absolute Gasteiger partial charge is 0.487 e. The predicted octanol–water partition coefficient (Wildman–Crippen LogP) is 1.02. The van der Waals surface area contributed by atoms with Crippen LogP contribution >= 0.6 is 0 Å². The molecule has 5 nitrogen and oxygen atoms in total. The minimum atomic E-state index is -0.652. The van der Waals surface area contributed by atoms with Crippen LogP contribution in [0.25, 0.3) is 0 Å². The molecule has 2 fully saturated rings. The fourth-order valence-corrected chi connectivity index (χ4v) is 4.18. The molecule has 3 heterocycles. The fraction of sp³-hybridized carbons (Fsp3) is 0.562. The van der Waals surface area contributed by atoms with Crippen LogP contribution in [0.1, 0.15) is 5.56 Å². The molecule has 1 aromatic rings. The van der Waals surface area contributed by atoms with Gasteiger partial charge in [0.05, 0.1) is 6.07 Å². The van der Waals surface area contributed by atoms with Gasteiger partial charge in [-0.3, -0.25) is 4.90 Å². The number of hydrogen-bond acceptors (Lipinski definition) is 5. The average molecular weight is 285 g/mol. The van der Waals surface area contributed by atoms with E-state index in [0.29, 0.717) is 13.3 Å². The van der Waals surface area contributed by atoms with Gasteiger partial charge in [0.15, 0.2) is 0 Å². The van der Waals surface area contributed by atoms with Gasteiger partial charge in [0.2, 0.25) is 0 Å². The molecular weight excluding hydrogens is 266 g/mol. The lowest BCUT2D eigenvalue weighted by atomic mass is 9.65. The van der Waals surface area contributed by atoms with E-state index in [1.54, 1.807) is 0 Å². The lowest BCUT2D eigenvalue weighted by Gasteiger charge is -2.47. The monoisotopic (exact) mass is 285 g/mol. The van der Waals surface area contributed by atoms with Gasteiger partial charge in [-0.1, -0.05) is 18.2 Å². The maximum absolute atomic E-state index is 10.1. The number of nitrogens with zero attached hydrogens (tertiary/aromatic N) is 3. The third-order valence-electron chi connectivity index (χ3n) is 5.08. The normalized spacial score (nSPS) is 38.8. The van der Waals surface area contributed by atoms with E-state index in [2.05, 4.69) is 15.9 Å².